The predicted molar refractivity (Wildman–Crippen MR) is 79.2 cm³/mol. The Labute approximate surface area is 129 Å². The number of rotatable bonds is 6. The lowest BCUT2D eigenvalue weighted by molar-refractivity contribution is -0.142. The molecule has 0 aliphatic heterocycles. The van der Waals surface area contributed by atoms with E-state index in [1.54, 1.807) is 0 Å². The van der Waals surface area contributed by atoms with Gasteiger partial charge in [0.1, 0.15) is 5.75 Å². The van der Waals surface area contributed by atoms with Crippen LogP contribution in [0.15, 0.2) is 21.1 Å². The van der Waals surface area contributed by atoms with E-state index in [9.17, 15) is 4.79 Å². The maximum Gasteiger partial charge on any atom is 0.343 e. The van der Waals surface area contributed by atoms with E-state index < -0.39 is 5.97 Å². The Morgan fingerprint density at radius 2 is 2.00 bits per heavy atom. The van der Waals surface area contributed by atoms with Crippen molar-refractivity contribution in [1.29, 1.82) is 0 Å². The first-order valence-corrected chi connectivity index (χ1v) is 7.59. The molecule has 1 aliphatic carbocycles. The van der Waals surface area contributed by atoms with Crippen LogP contribution in [-0.2, 0) is 16.1 Å². The zero-order valence-electron chi connectivity index (χ0n) is 10.5. The van der Waals surface area contributed by atoms with Crippen molar-refractivity contribution in [3.8, 4) is 5.75 Å². The lowest BCUT2D eigenvalue weighted by Crippen LogP contribution is -2.16. The minimum Gasteiger partial charge on any atom is -0.480 e. The van der Waals surface area contributed by atoms with Gasteiger partial charge in [0, 0.05) is 12.6 Å². The fourth-order valence-corrected chi connectivity index (χ4v) is 3.10. The molecular weight excluding hydrogens is 378 g/mol. The van der Waals surface area contributed by atoms with Gasteiger partial charge in [-0.2, -0.15) is 0 Å². The van der Waals surface area contributed by atoms with Gasteiger partial charge in [0.2, 0.25) is 0 Å². The summed E-state index contributed by atoms with van der Waals surface area (Å²) in [6.07, 6.45) is 2.53. The summed E-state index contributed by atoms with van der Waals surface area (Å²) in [6, 6.07) is 4.66. The zero-order valence-corrected chi connectivity index (χ0v) is 13.7. The Balaban J connectivity index is 2.00. The van der Waals surface area contributed by atoms with Gasteiger partial charge in [-0.3, -0.25) is 0 Å². The molecule has 0 atom stereocenters. The summed E-state index contributed by atoms with van der Waals surface area (Å²) < 4.78 is 11.6. The average molecular weight is 393 g/mol. The third-order valence-corrected chi connectivity index (χ3v) is 3.97. The van der Waals surface area contributed by atoms with E-state index in [1.807, 2.05) is 12.1 Å². The molecule has 6 heteroatoms. The van der Waals surface area contributed by atoms with Crippen LogP contribution in [-0.4, -0.2) is 25.7 Å². The van der Waals surface area contributed by atoms with Gasteiger partial charge in [0.25, 0.3) is 0 Å². The zero-order chi connectivity index (χ0) is 13.8. The first-order valence-electron chi connectivity index (χ1n) is 6.01. The van der Waals surface area contributed by atoms with Crippen molar-refractivity contribution in [1.82, 2.24) is 5.32 Å². The fraction of sp³-hybridized carbons (Fsp3) is 0.462. The molecule has 0 saturated heterocycles. The first-order chi connectivity index (χ1) is 9.10. The molecule has 1 aromatic rings. The summed E-state index contributed by atoms with van der Waals surface area (Å²) in [4.78, 5) is 11.1. The Morgan fingerprint density at radius 1 is 1.37 bits per heavy atom. The van der Waals surface area contributed by atoms with Gasteiger partial charge in [0.05, 0.1) is 16.1 Å². The maximum absolute atomic E-state index is 11.1. The molecule has 0 unspecified atom stereocenters. The van der Waals surface area contributed by atoms with Crippen LogP contribution in [0.4, 0.5) is 0 Å². The smallest absolute Gasteiger partial charge is 0.343 e. The van der Waals surface area contributed by atoms with Gasteiger partial charge in [-0.25, -0.2) is 4.79 Å². The summed E-state index contributed by atoms with van der Waals surface area (Å²) in [5.74, 6) is 0.207. The molecule has 0 bridgehead atoms. The van der Waals surface area contributed by atoms with E-state index in [0.29, 0.717) is 11.8 Å². The van der Waals surface area contributed by atoms with E-state index in [1.165, 1.54) is 20.0 Å². The Bertz CT molecular complexity index is 452. The highest BCUT2D eigenvalue weighted by Crippen LogP contribution is 2.35. The highest BCUT2D eigenvalue weighted by molar-refractivity contribution is 9.11. The van der Waals surface area contributed by atoms with Crippen molar-refractivity contribution in [3.05, 3.63) is 26.6 Å². The molecule has 0 heterocycles. The van der Waals surface area contributed by atoms with Crippen molar-refractivity contribution in [2.24, 2.45) is 0 Å². The summed E-state index contributed by atoms with van der Waals surface area (Å²) in [6.45, 7) is 0.729. The number of benzene rings is 1. The maximum atomic E-state index is 11.1. The number of esters is 1. The molecule has 0 amide bonds. The highest BCUT2D eigenvalue weighted by Gasteiger charge is 2.20. The molecule has 19 heavy (non-hydrogen) atoms. The van der Waals surface area contributed by atoms with E-state index >= 15 is 0 Å². The van der Waals surface area contributed by atoms with Crippen LogP contribution in [0.1, 0.15) is 18.4 Å². The van der Waals surface area contributed by atoms with Crippen LogP contribution in [0.25, 0.3) is 0 Å². The molecule has 4 nitrogen and oxygen atoms in total. The lowest BCUT2D eigenvalue weighted by Gasteiger charge is -2.12. The van der Waals surface area contributed by atoms with Crippen LogP contribution in [0.5, 0.6) is 5.75 Å². The molecular formula is C13H15Br2NO3. The number of carbonyl (C=O) groups is 1. The SMILES string of the molecule is COC(=O)COc1c(Br)cc(CNC2CC2)cc1Br. The Hall–Kier alpha value is -0.590. The minimum absolute atomic E-state index is 0.104. The van der Waals surface area contributed by atoms with Crippen molar-refractivity contribution >= 4 is 37.8 Å². The van der Waals surface area contributed by atoms with Gasteiger partial charge < -0.3 is 14.8 Å². The number of ether oxygens (including phenoxy) is 2. The second kappa shape index (κ2) is 6.72. The molecule has 1 fully saturated rings. The summed E-state index contributed by atoms with van der Waals surface area (Å²) in [7, 11) is 1.34. The number of methoxy groups -OCH3 is 1. The number of nitrogens with one attached hydrogen (secondary N) is 1. The summed E-state index contributed by atoms with van der Waals surface area (Å²) in [5, 5.41) is 3.45. The second-order valence-corrected chi connectivity index (χ2v) is 6.12. The summed E-state index contributed by atoms with van der Waals surface area (Å²) in [5.41, 5.74) is 1.16. The molecule has 1 N–H and O–H groups in total. The van der Waals surface area contributed by atoms with E-state index in [-0.39, 0.29) is 6.61 Å². The number of hydrogen-bond acceptors (Lipinski definition) is 4. The number of carbonyl (C=O) groups excluding carboxylic acids is 1. The lowest BCUT2D eigenvalue weighted by atomic mass is 10.2. The number of halogens is 2. The Morgan fingerprint density at radius 3 is 2.53 bits per heavy atom. The van der Waals surface area contributed by atoms with E-state index in [0.717, 1.165) is 21.1 Å². The third-order valence-electron chi connectivity index (χ3n) is 2.79. The predicted octanol–water partition coefficient (Wildman–Crippen LogP) is 3.02. The summed E-state index contributed by atoms with van der Waals surface area (Å²) >= 11 is 6.92. The van der Waals surface area contributed by atoms with Gasteiger partial charge in [-0.15, -0.1) is 0 Å². The molecule has 2 rings (SSSR count). The molecule has 0 spiro atoms. The average Bonchev–Trinajstić information content (AvgIpc) is 3.19. The third kappa shape index (κ3) is 4.47. The normalized spacial score (nSPS) is 14.3. The largest absolute Gasteiger partial charge is 0.480 e. The van der Waals surface area contributed by atoms with Gasteiger partial charge >= 0.3 is 5.97 Å². The minimum atomic E-state index is -0.404. The van der Waals surface area contributed by atoms with Crippen molar-refractivity contribution in [2.75, 3.05) is 13.7 Å². The van der Waals surface area contributed by atoms with Crippen LogP contribution < -0.4 is 10.1 Å². The van der Waals surface area contributed by atoms with Crippen molar-refractivity contribution < 1.29 is 14.3 Å². The monoisotopic (exact) mass is 391 g/mol. The Kier molecular flexibility index (Phi) is 5.24. The van der Waals surface area contributed by atoms with Crippen LogP contribution in [0.2, 0.25) is 0 Å². The van der Waals surface area contributed by atoms with Gasteiger partial charge in [0.15, 0.2) is 6.61 Å². The molecule has 1 aromatic carbocycles. The quantitative estimate of drug-likeness (QED) is 0.756. The standard InChI is InChI=1S/C13H15Br2NO3/c1-18-12(17)7-19-13-10(14)4-8(5-11(13)15)6-16-9-2-3-9/h4-5,9,16H,2-3,6-7H2,1H3. The molecule has 104 valence electrons. The van der Waals surface area contributed by atoms with Crippen molar-refractivity contribution in [2.45, 2.75) is 25.4 Å². The highest BCUT2D eigenvalue weighted by atomic mass is 79.9. The van der Waals surface area contributed by atoms with Gasteiger partial charge in [-0.05, 0) is 62.4 Å². The van der Waals surface area contributed by atoms with Crippen LogP contribution in [0.3, 0.4) is 0 Å². The first kappa shape index (κ1) is 14.8. The molecule has 0 radical (unpaired) electrons. The number of hydrogen-bond donors (Lipinski definition) is 1. The van der Waals surface area contributed by atoms with E-state index in [2.05, 4.69) is 41.9 Å². The topological polar surface area (TPSA) is 47.6 Å². The van der Waals surface area contributed by atoms with Gasteiger partial charge in [-0.1, -0.05) is 0 Å². The van der Waals surface area contributed by atoms with E-state index in [4.69, 9.17) is 4.74 Å². The molecule has 0 aromatic heterocycles. The fourth-order valence-electron chi connectivity index (χ4n) is 1.59. The molecule has 1 aliphatic rings. The second-order valence-electron chi connectivity index (χ2n) is 4.41. The van der Waals surface area contributed by atoms with Crippen LogP contribution in [0, 0.1) is 0 Å². The van der Waals surface area contributed by atoms with Crippen LogP contribution >= 0.6 is 31.9 Å². The van der Waals surface area contributed by atoms with Crippen molar-refractivity contribution in [3.63, 3.8) is 0 Å². The molecule has 1 saturated carbocycles.